The highest BCUT2D eigenvalue weighted by atomic mass is 16.5. The molecule has 4 fully saturated rings. The Balaban J connectivity index is 1.56. The SMILES string of the molecule is COc1ccc2c(c1)[C@@]13CCN4CC5=CCO[C@H]6CC(=O)N2[C@H]1[C@@H]6[C@@H]5C[C@]43O. The van der Waals surface area contributed by atoms with Crippen molar-refractivity contribution in [1.82, 2.24) is 4.90 Å². The molecule has 0 unspecified atom stereocenters. The molecular formula is C22H24N2O4. The summed E-state index contributed by atoms with van der Waals surface area (Å²) in [7, 11) is 1.67. The number of rotatable bonds is 1. The van der Waals surface area contributed by atoms with Gasteiger partial charge in [-0.05, 0) is 42.5 Å². The molecule has 2 bridgehead atoms. The van der Waals surface area contributed by atoms with Gasteiger partial charge in [-0.1, -0.05) is 11.6 Å². The van der Waals surface area contributed by atoms with Crippen molar-refractivity contribution in [3.8, 4) is 5.75 Å². The third-order valence-corrected chi connectivity index (χ3v) is 8.65. The lowest BCUT2D eigenvalue weighted by atomic mass is 9.52. The van der Waals surface area contributed by atoms with Crippen molar-refractivity contribution >= 4 is 11.6 Å². The highest BCUT2D eigenvalue weighted by Gasteiger charge is 2.76. The molecule has 1 aromatic rings. The predicted octanol–water partition coefficient (Wildman–Crippen LogP) is 1.42. The highest BCUT2D eigenvalue weighted by Crippen LogP contribution is 2.69. The highest BCUT2D eigenvalue weighted by molar-refractivity contribution is 5.99. The van der Waals surface area contributed by atoms with Crippen LogP contribution in [0.2, 0.25) is 0 Å². The average molecular weight is 380 g/mol. The van der Waals surface area contributed by atoms with Crippen LogP contribution in [0.25, 0.3) is 0 Å². The average Bonchev–Trinajstić information content (AvgIpc) is 3.11. The topological polar surface area (TPSA) is 62.2 Å². The van der Waals surface area contributed by atoms with Crippen molar-refractivity contribution in [1.29, 1.82) is 0 Å². The first-order valence-corrected chi connectivity index (χ1v) is 10.4. The van der Waals surface area contributed by atoms with Gasteiger partial charge in [0.25, 0.3) is 0 Å². The summed E-state index contributed by atoms with van der Waals surface area (Å²) in [5.41, 5.74) is 2.07. The van der Waals surface area contributed by atoms with E-state index >= 15 is 0 Å². The van der Waals surface area contributed by atoms with E-state index in [1.54, 1.807) is 7.11 Å². The van der Waals surface area contributed by atoms with E-state index in [2.05, 4.69) is 17.0 Å². The number of fused-ring (bicyclic) bond motifs is 2. The Labute approximate surface area is 163 Å². The van der Waals surface area contributed by atoms with Gasteiger partial charge in [0.15, 0.2) is 0 Å². The Morgan fingerprint density at radius 3 is 3.11 bits per heavy atom. The third kappa shape index (κ3) is 1.49. The molecule has 5 aliphatic heterocycles. The van der Waals surface area contributed by atoms with Crippen LogP contribution in [0.3, 0.4) is 0 Å². The predicted molar refractivity (Wildman–Crippen MR) is 101 cm³/mol. The number of nitrogens with zero attached hydrogens (tertiary/aromatic N) is 2. The standard InChI is InChI=1S/C22H24N2O4/c1-27-13-2-3-16-15(8-13)21-5-6-23-11-12-4-7-28-17-9-18(25)24(16)20(21)19(17)14(12)10-22(21,23)26/h2-4,8,14,17,19-20,26H,5-7,9-11H2,1H3/t14-,17+,19-,20+,21+,22-/m1/s1. The maximum absolute atomic E-state index is 13.3. The fraction of sp³-hybridized carbons (Fsp3) is 0.591. The molecule has 3 saturated heterocycles. The minimum absolute atomic E-state index is 0.0450. The maximum Gasteiger partial charge on any atom is 0.229 e. The van der Waals surface area contributed by atoms with Crippen LogP contribution in [0.1, 0.15) is 24.8 Å². The van der Waals surface area contributed by atoms with Gasteiger partial charge < -0.3 is 19.5 Å². The van der Waals surface area contributed by atoms with E-state index in [4.69, 9.17) is 9.47 Å². The fourth-order valence-electron chi connectivity index (χ4n) is 7.68. The Hall–Kier alpha value is -1.89. The van der Waals surface area contributed by atoms with Crippen LogP contribution >= 0.6 is 0 Å². The molecule has 1 amide bonds. The number of piperidine rings is 2. The molecule has 7 rings (SSSR count). The summed E-state index contributed by atoms with van der Waals surface area (Å²) in [6.45, 7) is 2.25. The summed E-state index contributed by atoms with van der Waals surface area (Å²) in [6.07, 6.45) is 4.19. The zero-order valence-electron chi connectivity index (χ0n) is 15.9. The third-order valence-electron chi connectivity index (χ3n) is 8.65. The lowest BCUT2D eigenvalue weighted by molar-refractivity contribution is -0.197. The zero-order chi connectivity index (χ0) is 18.8. The zero-order valence-corrected chi connectivity index (χ0v) is 15.9. The van der Waals surface area contributed by atoms with E-state index in [-0.39, 0.29) is 29.9 Å². The van der Waals surface area contributed by atoms with Gasteiger partial charge in [-0.2, -0.15) is 0 Å². The van der Waals surface area contributed by atoms with E-state index in [0.29, 0.717) is 13.0 Å². The van der Waals surface area contributed by atoms with Crippen molar-refractivity contribution in [2.75, 3.05) is 31.7 Å². The minimum Gasteiger partial charge on any atom is -0.497 e. The summed E-state index contributed by atoms with van der Waals surface area (Å²) in [4.78, 5) is 17.6. The second-order valence-electron chi connectivity index (χ2n) is 9.29. The Morgan fingerprint density at radius 2 is 2.25 bits per heavy atom. The van der Waals surface area contributed by atoms with Crippen LogP contribution in [0.5, 0.6) is 5.75 Å². The first-order chi connectivity index (χ1) is 13.6. The smallest absolute Gasteiger partial charge is 0.229 e. The van der Waals surface area contributed by atoms with Crippen LogP contribution in [0.4, 0.5) is 5.69 Å². The quantitative estimate of drug-likeness (QED) is 0.747. The van der Waals surface area contributed by atoms with E-state index in [1.807, 2.05) is 17.0 Å². The first-order valence-electron chi connectivity index (χ1n) is 10.4. The number of carbonyl (C=O) groups excluding carboxylic acids is 1. The molecule has 6 atom stereocenters. The number of amides is 1. The van der Waals surface area contributed by atoms with Gasteiger partial charge in [-0.25, -0.2) is 0 Å². The molecular weight excluding hydrogens is 356 g/mol. The summed E-state index contributed by atoms with van der Waals surface area (Å²) in [5, 5.41) is 12.2. The summed E-state index contributed by atoms with van der Waals surface area (Å²) >= 11 is 0. The van der Waals surface area contributed by atoms with Gasteiger partial charge in [0.1, 0.15) is 11.5 Å². The van der Waals surface area contributed by atoms with Crippen LogP contribution in [-0.2, 0) is 14.9 Å². The maximum atomic E-state index is 13.3. The molecule has 1 aliphatic carbocycles. The van der Waals surface area contributed by atoms with Crippen molar-refractivity contribution < 1.29 is 19.4 Å². The second kappa shape index (κ2) is 4.81. The number of hydrogen-bond acceptors (Lipinski definition) is 5. The van der Waals surface area contributed by atoms with E-state index in [1.165, 1.54) is 5.57 Å². The van der Waals surface area contributed by atoms with Gasteiger partial charge in [-0.15, -0.1) is 0 Å². The molecule has 1 saturated carbocycles. The van der Waals surface area contributed by atoms with Crippen LogP contribution < -0.4 is 9.64 Å². The molecule has 1 spiro atoms. The molecule has 1 aromatic carbocycles. The number of benzene rings is 1. The lowest BCUT2D eigenvalue weighted by Crippen LogP contribution is -2.74. The van der Waals surface area contributed by atoms with Crippen LogP contribution in [0, 0.1) is 11.8 Å². The number of ether oxygens (including phenoxy) is 2. The number of carbonyl (C=O) groups is 1. The Bertz CT molecular complexity index is 960. The molecule has 6 aliphatic rings. The van der Waals surface area contributed by atoms with Crippen molar-refractivity contribution in [3.63, 3.8) is 0 Å². The summed E-state index contributed by atoms with van der Waals surface area (Å²) in [6, 6.07) is 5.98. The van der Waals surface area contributed by atoms with Gasteiger partial charge in [0.2, 0.25) is 5.91 Å². The normalized spacial score (nSPS) is 44.9. The number of anilines is 1. The van der Waals surface area contributed by atoms with Gasteiger partial charge >= 0.3 is 0 Å². The Morgan fingerprint density at radius 1 is 1.36 bits per heavy atom. The lowest BCUT2D eigenvalue weighted by Gasteiger charge is -2.62. The van der Waals surface area contributed by atoms with Gasteiger partial charge in [-0.3, -0.25) is 9.69 Å². The van der Waals surface area contributed by atoms with Gasteiger partial charge in [0.05, 0.1) is 37.7 Å². The number of aliphatic hydroxyl groups is 1. The number of methoxy groups -OCH3 is 1. The van der Waals surface area contributed by atoms with E-state index < -0.39 is 11.1 Å². The fourth-order valence-corrected chi connectivity index (χ4v) is 7.68. The van der Waals surface area contributed by atoms with E-state index in [0.717, 1.165) is 42.9 Å². The number of hydrogen-bond donors (Lipinski definition) is 1. The molecule has 6 heteroatoms. The van der Waals surface area contributed by atoms with Crippen molar-refractivity contribution in [2.45, 2.75) is 42.5 Å². The van der Waals surface area contributed by atoms with Crippen LogP contribution in [-0.4, -0.2) is 60.6 Å². The summed E-state index contributed by atoms with van der Waals surface area (Å²) in [5.74, 6) is 1.44. The first kappa shape index (κ1) is 16.0. The minimum atomic E-state index is -0.918. The molecule has 0 aromatic heterocycles. The van der Waals surface area contributed by atoms with E-state index in [9.17, 15) is 9.90 Å². The second-order valence-corrected chi connectivity index (χ2v) is 9.29. The summed E-state index contributed by atoms with van der Waals surface area (Å²) < 4.78 is 11.8. The van der Waals surface area contributed by atoms with Gasteiger partial charge in [0, 0.05) is 24.7 Å². The molecule has 5 heterocycles. The van der Waals surface area contributed by atoms with Crippen molar-refractivity contribution in [2.24, 2.45) is 11.8 Å². The molecule has 28 heavy (non-hydrogen) atoms. The van der Waals surface area contributed by atoms with Crippen molar-refractivity contribution in [3.05, 3.63) is 35.4 Å². The molecule has 146 valence electrons. The Kier molecular flexibility index (Phi) is 2.74. The molecule has 0 radical (unpaired) electrons. The molecule has 1 N–H and O–H groups in total. The molecule has 6 nitrogen and oxygen atoms in total. The van der Waals surface area contributed by atoms with Crippen LogP contribution in [0.15, 0.2) is 29.8 Å². The largest absolute Gasteiger partial charge is 0.497 e. The monoisotopic (exact) mass is 380 g/mol.